The molecule has 0 aliphatic carbocycles. The van der Waals surface area contributed by atoms with E-state index >= 15 is 0 Å². The van der Waals surface area contributed by atoms with Crippen LogP contribution in [0.15, 0.2) is 6.07 Å². The summed E-state index contributed by atoms with van der Waals surface area (Å²) in [5.74, 6) is -1.60. The lowest BCUT2D eigenvalue weighted by Gasteiger charge is -2.21. The summed E-state index contributed by atoms with van der Waals surface area (Å²) in [5, 5.41) is 9.34. The Morgan fingerprint density at radius 2 is 1.95 bits per heavy atom. The Morgan fingerprint density at radius 3 is 2.30 bits per heavy atom. The molecule has 0 bridgehead atoms. The zero-order valence-electron chi connectivity index (χ0n) is 12.3. The van der Waals surface area contributed by atoms with Crippen molar-refractivity contribution in [3.05, 3.63) is 28.3 Å². The molecule has 0 radical (unpaired) electrons. The molecule has 0 spiro atoms. The Hall–Kier alpha value is -1.88. The standard InChI is InChI=1S/C15H21NO4/c1-5-10-7-12(15(18)19)14(20-9(4)17)13(8(3)16)11(10)6-2/h7-8H,5-6,16H2,1-4H3,(H,18,19). The van der Waals surface area contributed by atoms with Crippen LogP contribution in [0.4, 0.5) is 0 Å². The third-order valence-electron chi connectivity index (χ3n) is 3.19. The van der Waals surface area contributed by atoms with Crippen molar-refractivity contribution in [1.82, 2.24) is 0 Å². The van der Waals surface area contributed by atoms with Gasteiger partial charge in [-0.2, -0.15) is 0 Å². The number of carboxylic acids is 1. The Labute approximate surface area is 118 Å². The van der Waals surface area contributed by atoms with Gasteiger partial charge < -0.3 is 15.6 Å². The summed E-state index contributed by atoms with van der Waals surface area (Å²) in [4.78, 5) is 22.7. The molecule has 20 heavy (non-hydrogen) atoms. The molecule has 5 heteroatoms. The van der Waals surface area contributed by atoms with Gasteiger partial charge in [-0.1, -0.05) is 13.8 Å². The SMILES string of the molecule is CCc1cc(C(=O)O)c(OC(C)=O)c(C(C)N)c1CC. The summed E-state index contributed by atoms with van der Waals surface area (Å²) in [5.41, 5.74) is 8.46. The summed E-state index contributed by atoms with van der Waals surface area (Å²) in [7, 11) is 0. The molecule has 5 nitrogen and oxygen atoms in total. The van der Waals surface area contributed by atoms with E-state index in [1.807, 2.05) is 13.8 Å². The highest BCUT2D eigenvalue weighted by Gasteiger charge is 2.24. The molecule has 3 N–H and O–H groups in total. The number of aryl methyl sites for hydroxylation is 1. The summed E-state index contributed by atoms with van der Waals surface area (Å²) < 4.78 is 5.14. The molecule has 1 aromatic rings. The number of carboxylic acid groups (broad SMARTS) is 1. The number of nitrogens with two attached hydrogens (primary N) is 1. The maximum Gasteiger partial charge on any atom is 0.339 e. The molecule has 1 aromatic carbocycles. The number of benzene rings is 1. The topological polar surface area (TPSA) is 89.6 Å². The second-order valence-corrected chi connectivity index (χ2v) is 4.70. The Bertz CT molecular complexity index is 535. The minimum Gasteiger partial charge on any atom is -0.478 e. The molecule has 1 rings (SSSR count). The van der Waals surface area contributed by atoms with Gasteiger partial charge in [0.2, 0.25) is 0 Å². The van der Waals surface area contributed by atoms with E-state index in [0.717, 1.165) is 11.1 Å². The molecule has 0 saturated heterocycles. The van der Waals surface area contributed by atoms with Crippen LogP contribution >= 0.6 is 0 Å². The third-order valence-corrected chi connectivity index (χ3v) is 3.19. The van der Waals surface area contributed by atoms with Gasteiger partial charge in [-0.15, -0.1) is 0 Å². The van der Waals surface area contributed by atoms with Crippen LogP contribution in [0.3, 0.4) is 0 Å². The van der Waals surface area contributed by atoms with Gasteiger partial charge in [0.15, 0.2) is 0 Å². The minimum atomic E-state index is -1.12. The van der Waals surface area contributed by atoms with Crippen LogP contribution in [0.1, 0.15) is 60.8 Å². The van der Waals surface area contributed by atoms with Crippen LogP contribution in [0.5, 0.6) is 5.75 Å². The van der Waals surface area contributed by atoms with Crippen LogP contribution in [-0.4, -0.2) is 17.0 Å². The van der Waals surface area contributed by atoms with Crippen molar-refractivity contribution in [1.29, 1.82) is 0 Å². The zero-order chi connectivity index (χ0) is 15.4. The van der Waals surface area contributed by atoms with E-state index in [9.17, 15) is 14.7 Å². The minimum absolute atomic E-state index is 0.0125. The van der Waals surface area contributed by atoms with Crippen LogP contribution in [0.2, 0.25) is 0 Å². The van der Waals surface area contributed by atoms with Gasteiger partial charge in [0, 0.05) is 18.5 Å². The fourth-order valence-corrected chi connectivity index (χ4v) is 2.41. The normalized spacial score (nSPS) is 12.1. The highest BCUT2D eigenvalue weighted by Crippen LogP contribution is 2.35. The maximum absolute atomic E-state index is 11.4. The molecule has 0 aliphatic rings. The first kappa shape index (κ1) is 16.2. The van der Waals surface area contributed by atoms with Crippen LogP contribution in [-0.2, 0) is 17.6 Å². The molecule has 0 amide bonds. The predicted molar refractivity (Wildman–Crippen MR) is 76.1 cm³/mol. The lowest BCUT2D eigenvalue weighted by atomic mass is 9.90. The van der Waals surface area contributed by atoms with Crippen molar-refractivity contribution in [3.63, 3.8) is 0 Å². The molecule has 110 valence electrons. The highest BCUT2D eigenvalue weighted by atomic mass is 16.5. The first-order valence-corrected chi connectivity index (χ1v) is 6.69. The van der Waals surface area contributed by atoms with E-state index in [1.54, 1.807) is 13.0 Å². The van der Waals surface area contributed by atoms with Crippen molar-refractivity contribution >= 4 is 11.9 Å². The molecular formula is C15H21NO4. The molecule has 0 fully saturated rings. The van der Waals surface area contributed by atoms with Gasteiger partial charge in [-0.3, -0.25) is 4.79 Å². The average Bonchev–Trinajstić information content (AvgIpc) is 2.36. The van der Waals surface area contributed by atoms with Gasteiger partial charge >= 0.3 is 11.9 Å². The fraction of sp³-hybridized carbons (Fsp3) is 0.467. The number of rotatable bonds is 5. The molecule has 0 aromatic heterocycles. The largest absolute Gasteiger partial charge is 0.478 e. The number of esters is 1. The van der Waals surface area contributed by atoms with E-state index in [2.05, 4.69) is 0 Å². The molecule has 1 atom stereocenters. The zero-order valence-corrected chi connectivity index (χ0v) is 12.3. The maximum atomic E-state index is 11.4. The number of hydrogen-bond acceptors (Lipinski definition) is 4. The monoisotopic (exact) mass is 279 g/mol. The average molecular weight is 279 g/mol. The number of carbonyl (C=O) groups excluding carboxylic acids is 1. The first-order valence-electron chi connectivity index (χ1n) is 6.69. The smallest absolute Gasteiger partial charge is 0.339 e. The molecule has 0 saturated carbocycles. The van der Waals surface area contributed by atoms with Crippen molar-refractivity contribution in [2.24, 2.45) is 5.73 Å². The lowest BCUT2D eigenvalue weighted by Crippen LogP contribution is -2.18. The number of carbonyl (C=O) groups is 2. The van der Waals surface area contributed by atoms with Crippen molar-refractivity contribution in [3.8, 4) is 5.75 Å². The second-order valence-electron chi connectivity index (χ2n) is 4.70. The van der Waals surface area contributed by atoms with Crippen molar-refractivity contribution in [2.75, 3.05) is 0 Å². The predicted octanol–water partition coefficient (Wildman–Crippen LogP) is 2.45. The van der Waals surface area contributed by atoms with Gasteiger partial charge in [-0.25, -0.2) is 4.79 Å². The Balaban J connectivity index is 3.73. The van der Waals surface area contributed by atoms with E-state index < -0.39 is 18.0 Å². The lowest BCUT2D eigenvalue weighted by molar-refractivity contribution is -0.131. The van der Waals surface area contributed by atoms with Gasteiger partial charge in [0.05, 0.1) is 0 Å². The van der Waals surface area contributed by atoms with E-state index in [1.165, 1.54) is 6.92 Å². The summed E-state index contributed by atoms with van der Waals surface area (Å²) >= 11 is 0. The fourth-order valence-electron chi connectivity index (χ4n) is 2.41. The quantitative estimate of drug-likeness (QED) is 0.638. The summed E-state index contributed by atoms with van der Waals surface area (Å²) in [6.45, 7) is 6.93. The highest BCUT2D eigenvalue weighted by molar-refractivity contribution is 5.93. The van der Waals surface area contributed by atoms with Crippen molar-refractivity contribution < 1.29 is 19.4 Å². The number of hydrogen-bond donors (Lipinski definition) is 2. The first-order chi connectivity index (χ1) is 9.33. The molecule has 0 aliphatic heterocycles. The van der Waals surface area contributed by atoms with Crippen LogP contribution in [0, 0.1) is 0 Å². The van der Waals surface area contributed by atoms with Gasteiger partial charge in [0.1, 0.15) is 11.3 Å². The molecular weight excluding hydrogens is 258 g/mol. The summed E-state index contributed by atoms with van der Waals surface area (Å²) in [6.07, 6.45) is 1.40. The third kappa shape index (κ3) is 3.17. The molecule has 0 heterocycles. The van der Waals surface area contributed by atoms with Crippen molar-refractivity contribution in [2.45, 2.75) is 46.6 Å². The Kier molecular flexibility index (Phi) is 5.27. The van der Waals surface area contributed by atoms with E-state index in [0.29, 0.717) is 18.4 Å². The molecule has 1 unspecified atom stereocenters. The van der Waals surface area contributed by atoms with E-state index in [-0.39, 0.29) is 11.3 Å². The second kappa shape index (κ2) is 6.52. The van der Waals surface area contributed by atoms with Crippen LogP contribution < -0.4 is 10.5 Å². The summed E-state index contributed by atoms with van der Waals surface area (Å²) in [6, 6.07) is 1.16. The van der Waals surface area contributed by atoms with Gasteiger partial charge in [0.25, 0.3) is 0 Å². The number of aromatic carboxylic acids is 1. The van der Waals surface area contributed by atoms with Crippen LogP contribution in [0.25, 0.3) is 0 Å². The number of ether oxygens (including phenoxy) is 1. The van der Waals surface area contributed by atoms with E-state index in [4.69, 9.17) is 10.5 Å². The van der Waals surface area contributed by atoms with Gasteiger partial charge in [-0.05, 0) is 37.0 Å². The Morgan fingerprint density at radius 1 is 1.35 bits per heavy atom.